The monoisotopic (exact) mass is 215 g/mol. The third-order valence-electron chi connectivity index (χ3n) is 1.64. The normalized spacial score (nSPS) is 10.6. The number of aldehydes is 1. The van der Waals surface area contributed by atoms with Crippen molar-refractivity contribution in [3.63, 3.8) is 0 Å². The summed E-state index contributed by atoms with van der Waals surface area (Å²) in [6, 6.07) is 2.70. The average Bonchev–Trinajstić information content (AvgIpc) is 2.17. The molecular weight excluding hydrogens is 211 g/mol. The van der Waals surface area contributed by atoms with Gasteiger partial charge >= 0.3 is 6.18 Å². The Morgan fingerprint density at radius 2 is 2.00 bits per heavy atom. The molecule has 15 heavy (non-hydrogen) atoms. The molecule has 0 aromatic heterocycles. The molecule has 0 aliphatic carbocycles. The summed E-state index contributed by atoms with van der Waals surface area (Å²) < 4.78 is 37.1. The summed E-state index contributed by atoms with van der Waals surface area (Å²) in [6.45, 7) is 0. The number of alkyl halides is 3. The van der Waals surface area contributed by atoms with E-state index in [1.807, 2.05) is 0 Å². The smallest absolute Gasteiger partial charge is 0.298 e. The third-order valence-corrected chi connectivity index (χ3v) is 1.64. The highest BCUT2D eigenvalue weighted by Gasteiger charge is 2.33. The van der Waals surface area contributed by atoms with E-state index in [4.69, 9.17) is 0 Å². The molecule has 0 heterocycles. The third kappa shape index (κ3) is 2.51. The fourth-order valence-corrected chi connectivity index (χ4v) is 1.01. The molecule has 0 aliphatic heterocycles. The molecule has 1 aromatic carbocycles. The molecule has 0 bridgehead atoms. The van der Waals surface area contributed by atoms with Crippen molar-refractivity contribution in [1.82, 2.24) is 0 Å². The van der Waals surface area contributed by atoms with Gasteiger partial charge in [0.15, 0.2) is 6.29 Å². The van der Waals surface area contributed by atoms with Crippen LogP contribution in [-0.4, -0.2) is 12.4 Å². The van der Waals surface area contributed by atoms with Crippen molar-refractivity contribution in [2.75, 3.05) is 0 Å². The first-order valence-electron chi connectivity index (χ1n) is 3.73. The van der Waals surface area contributed by atoms with Crippen molar-refractivity contribution in [3.8, 4) is 0 Å². The van der Waals surface area contributed by atoms with Gasteiger partial charge < -0.3 is 0 Å². The number of hydrogen-bond acceptors (Lipinski definition) is 3. The summed E-state index contributed by atoms with van der Waals surface area (Å²) in [7, 11) is 0. The highest BCUT2D eigenvalue weighted by molar-refractivity contribution is 5.78. The van der Waals surface area contributed by atoms with Crippen molar-refractivity contribution >= 4 is 18.1 Å². The van der Waals surface area contributed by atoms with Gasteiger partial charge in [-0.1, -0.05) is 0 Å². The quantitative estimate of drug-likeness (QED) is 0.432. The SMILES string of the molecule is O=C=Nc1ccc(C=O)c(C(F)(F)F)c1. The Morgan fingerprint density at radius 1 is 1.33 bits per heavy atom. The van der Waals surface area contributed by atoms with Gasteiger partial charge in [-0.2, -0.15) is 18.2 Å². The molecule has 0 saturated heterocycles. The molecule has 0 fully saturated rings. The number of isocyanates is 1. The number of rotatable bonds is 2. The van der Waals surface area contributed by atoms with Gasteiger partial charge in [0.05, 0.1) is 11.3 Å². The predicted octanol–water partition coefficient (Wildman–Crippen LogP) is 2.49. The molecule has 0 aliphatic rings. The van der Waals surface area contributed by atoms with Crippen molar-refractivity contribution < 1.29 is 22.8 Å². The predicted molar refractivity (Wildman–Crippen MR) is 44.6 cm³/mol. The highest BCUT2D eigenvalue weighted by atomic mass is 19.4. The standard InChI is InChI=1S/C9H4F3NO2/c10-9(11,12)8-3-7(13-5-15)2-1-6(8)4-14/h1-4H. The number of hydrogen-bond donors (Lipinski definition) is 0. The molecule has 1 aromatic rings. The largest absolute Gasteiger partial charge is 0.417 e. The maximum absolute atomic E-state index is 12.4. The topological polar surface area (TPSA) is 46.5 Å². The van der Waals surface area contributed by atoms with E-state index < -0.39 is 17.3 Å². The molecule has 0 radical (unpaired) electrons. The van der Waals surface area contributed by atoms with E-state index in [9.17, 15) is 22.8 Å². The lowest BCUT2D eigenvalue weighted by molar-refractivity contribution is -0.137. The molecule has 78 valence electrons. The van der Waals surface area contributed by atoms with Crippen LogP contribution in [0.15, 0.2) is 23.2 Å². The number of halogens is 3. The molecule has 0 spiro atoms. The summed E-state index contributed by atoms with van der Waals surface area (Å²) in [4.78, 5) is 23.2. The molecule has 3 nitrogen and oxygen atoms in total. The zero-order valence-corrected chi connectivity index (χ0v) is 7.21. The highest BCUT2D eigenvalue weighted by Crippen LogP contribution is 2.33. The molecule has 0 N–H and O–H groups in total. The van der Waals surface area contributed by atoms with Gasteiger partial charge in [0.2, 0.25) is 6.08 Å². The fourth-order valence-electron chi connectivity index (χ4n) is 1.01. The van der Waals surface area contributed by atoms with E-state index in [2.05, 4.69) is 4.99 Å². The Bertz CT molecular complexity index is 433. The zero-order chi connectivity index (χ0) is 11.5. The van der Waals surface area contributed by atoms with E-state index in [0.717, 1.165) is 18.2 Å². The van der Waals surface area contributed by atoms with Crippen molar-refractivity contribution in [2.45, 2.75) is 6.18 Å². The summed E-state index contributed by atoms with van der Waals surface area (Å²) in [5, 5.41) is 0. The molecular formula is C9H4F3NO2. The van der Waals surface area contributed by atoms with Gasteiger partial charge in [-0.15, -0.1) is 0 Å². The minimum absolute atomic E-state index is 0.0945. The Morgan fingerprint density at radius 3 is 2.47 bits per heavy atom. The van der Waals surface area contributed by atoms with Crippen molar-refractivity contribution in [3.05, 3.63) is 29.3 Å². The lowest BCUT2D eigenvalue weighted by atomic mass is 10.1. The molecule has 0 saturated carbocycles. The van der Waals surface area contributed by atoms with Crippen LogP contribution in [0.1, 0.15) is 15.9 Å². The number of nitrogens with zero attached hydrogens (tertiary/aromatic N) is 1. The second kappa shape index (κ2) is 4.06. The maximum Gasteiger partial charge on any atom is 0.417 e. The summed E-state index contributed by atoms with van der Waals surface area (Å²) in [5.41, 5.74) is -1.80. The van der Waals surface area contributed by atoms with Gasteiger partial charge in [-0.25, -0.2) is 4.79 Å². The summed E-state index contributed by atoms with van der Waals surface area (Å²) >= 11 is 0. The van der Waals surface area contributed by atoms with Crippen LogP contribution in [0.25, 0.3) is 0 Å². The van der Waals surface area contributed by atoms with Gasteiger partial charge in [-0.3, -0.25) is 4.79 Å². The Labute approximate surface area is 82.2 Å². The van der Waals surface area contributed by atoms with Crippen LogP contribution in [0.4, 0.5) is 18.9 Å². The van der Waals surface area contributed by atoms with E-state index in [0.29, 0.717) is 6.07 Å². The minimum atomic E-state index is -4.65. The molecule has 1 rings (SSSR count). The van der Waals surface area contributed by atoms with Gasteiger partial charge in [0, 0.05) is 5.56 Å². The molecule has 0 atom stereocenters. The van der Waals surface area contributed by atoms with Crippen LogP contribution in [0.2, 0.25) is 0 Å². The van der Waals surface area contributed by atoms with Crippen LogP contribution in [0, 0.1) is 0 Å². The molecule has 0 amide bonds. The summed E-state index contributed by atoms with van der Waals surface area (Å²) in [6.07, 6.45) is -3.43. The van der Waals surface area contributed by atoms with Crippen molar-refractivity contribution in [2.24, 2.45) is 4.99 Å². The number of benzene rings is 1. The number of carbonyl (C=O) groups excluding carboxylic acids is 2. The molecule has 0 unspecified atom stereocenters. The van der Waals surface area contributed by atoms with Crippen LogP contribution < -0.4 is 0 Å². The van der Waals surface area contributed by atoms with Gasteiger partial charge in [0.25, 0.3) is 0 Å². The lowest BCUT2D eigenvalue weighted by Gasteiger charge is -2.08. The molecule has 6 heteroatoms. The zero-order valence-electron chi connectivity index (χ0n) is 7.21. The van der Waals surface area contributed by atoms with E-state index in [-0.39, 0.29) is 12.0 Å². The number of carbonyl (C=O) groups is 1. The van der Waals surface area contributed by atoms with Gasteiger partial charge in [-0.05, 0) is 18.2 Å². The second-order valence-electron chi connectivity index (χ2n) is 2.59. The lowest BCUT2D eigenvalue weighted by Crippen LogP contribution is -2.08. The van der Waals surface area contributed by atoms with E-state index in [1.54, 1.807) is 0 Å². The Hall–Kier alpha value is -1.94. The first-order valence-corrected chi connectivity index (χ1v) is 3.73. The van der Waals surface area contributed by atoms with Crippen LogP contribution in [0.5, 0.6) is 0 Å². The minimum Gasteiger partial charge on any atom is -0.298 e. The first-order chi connectivity index (χ1) is 6.99. The van der Waals surface area contributed by atoms with Gasteiger partial charge in [0.1, 0.15) is 0 Å². The number of aliphatic imine (C=N–C) groups is 1. The maximum atomic E-state index is 12.4. The van der Waals surface area contributed by atoms with E-state index in [1.165, 1.54) is 0 Å². The summed E-state index contributed by atoms with van der Waals surface area (Å²) in [5.74, 6) is 0. The van der Waals surface area contributed by atoms with Crippen molar-refractivity contribution in [1.29, 1.82) is 0 Å². The Balaban J connectivity index is 3.37. The first kappa shape index (κ1) is 11.1. The van der Waals surface area contributed by atoms with E-state index >= 15 is 0 Å². The average molecular weight is 215 g/mol. The Kier molecular flexibility index (Phi) is 3.01. The van der Waals surface area contributed by atoms with Crippen LogP contribution in [0.3, 0.4) is 0 Å². The second-order valence-corrected chi connectivity index (χ2v) is 2.59. The van der Waals surface area contributed by atoms with Crippen LogP contribution in [-0.2, 0) is 11.0 Å². The van der Waals surface area contributed by atoms with Crippen LogP contribution >= 0.6 is 0 Å². The fraction of sp³-hybridized carbons (Fsp3) is 0.111.